The molecule has 202 valence electrons. The monoisotopic (exact) mass is 562 g/mol. The number of benzene rings is 2. The predicted octanol–water partition coefficient (Wildman–Crippen LogP) is 5.82. The third-order valence-corrected chi connectivity index (χ3v) is 10.0. The Balaban J connectivity index is 1.95. The maximum atomic E-state index is 13.8. The molecule has 0 spiro atoms. The quantitative estimate of drug-likeness (QED) is 0.231. The molecule has 0 fully saturated rings. The fourth-order valence-corrected chi connectivity index (χ4v) is 7.45. The van der Waals surface area contributed by atoms with Crippen LogP contribution in [0.15, 0.2) is 52.3 Å². The molecule has 37 heavy (non-hydrogen) atoms. The van der Waals surface area contributed by atoms with E-state index in [1.807, 2.05) is 38.3 Å². The van der Waals surface area contributed by atoms with E-state index in [9.17, 15) is 13.2 Å². The minimum atomic E-state index is -3.60. The molecule has 0 radical (unpaired) electrons. The van der Waals surface area contributed by atoms with Crippen molar-refractivity contribution in [3.63, 3.8) is 0 Å². The molecule has 1 heterocycles. The largest absolute Gasteiger partial charge is 0.302 e. The number of carbonyl (C=O) groups is 1. The van der Waals surface area contributed by atoms with Gasteiger partial charge in [-0.1, -0.05) is 45.1 Å². The van der Waals surface area contributed by atoms with Crippen LogP contribution in [0.1, 0.15) is 50.9 Å². The van der Waals surface area contributed by atoms with E-state index in [0.717, 1.165) is 47.6 Å². The number of aromatic nitrogens is 1. The molecule has 3 aromatic rings. The molecule has 7 nitrogen and oxygen atoms in total. The lowest BCUT2D eigenvalue weighted by Gasteiger charge is -2.25. The molecule has 1 amide bonds. The van der Waals surface area contributed by atoms with Gasteiger partial charge in [0.15, 0.2) is 5.13 Å². The second-order valence-electron chi connectivity index (χ2n) is 8.72. The van der Waals surface area contributed by atoms with E-state index in [4.69, 9.17) is 4.98 Å². The highest BCUT2D eigenvalue weighted by Crippen LogP contribution is 2.34. The van der Waals surface area contributed by atoms with Crippen LogP contribution in [0.2, 0.25) is 0 Å². The summed E-state index contributed by atoms with van der Waals surface area (Å²) in [5.41, 5.74) is 1.35. The highest BCUT2D eigenvalue weighted by atomic mass is 32.2. The number of anilines is 1. The number of hydrogen-bond acceptors (Lipinski definition) is 7. The zero-order chi connectivity index (χ0) is 27.0. The van der Waals surface area contributed by atoms with Gasteiger partial charge in [-0.05, 0) is 68.6 Å². The number of hydrogen-bond donors (Lipinski definition) is 0. The summed E-state index contributed by atoms with van der Waals surface area (Å²) in [5.74, 6) is -0.181. The zero-order valence-corrected chi connectivity index (χ0v) is 24.9. The highest BCUT2D eigenvalue weighted by molar-refractivity contribution is 7.98. The zero-order valence-electron chi connectivity index (χ0n) is 22.4. The van der Waals surface area contributed by atoms with E-state index in [0.29, 0.717) is 30.3 Å². The number of sulfonamides is 1. The smallest absolute Gasteiger partial charge is 0.260 e. The second-order valence-corrected chi connectivity index (χ2v) is 12.5. The Bertz CT molecular complexity index is 1270. The van der Waals surface area contributed by atoms with Crippen LogP contribution < -0.4 is 4.90 Å². The normalized spacial score (nSPS) is 12.1. The first-order valence-electron chi connectivity index (χ1n) is 12.9. The molecule has 3 rings (SSSR count). The van der Waals surface area contributed by atoms with E-state index in [1.165, 1.54) is 15.6 Å². The molecule has 0 bridgehead atoms. The molecule has 1 aromatic heterocycles. The maximum Gasteiger partial charge on any atom is 0.260 e. The summed E-state index contributed by atoms with van der Waals surface area (Å²) in [6.45, 7) is 12.1. The lowest BCUT2D eigenvalue weighted by Crippen LogP contribution is -2.39. The predicted molar refractivity (Wildman–Crippen MR) is 157 cm³/mol. The van der Waals surface area contributed by atoms with E-state index < -0.39 is 10.0 Å². The first kappa shape index (κ1) is 29.6. The SMILES string of the molecule is CCCN(CCC)S(=O)(=O)c1ccc(C(=O)N(CCN(CC)CC)c2nc3c(SC)cccc3s2)cc1. The highest BCUT2D eigenvalue weighted by Gasteiger charge is 2.26. The fraction of sp³-hybridized carbons (Fsp3) is 0.481. The van der Waals surface area contributed by atoms with Crippen LogP contribution in [0.5, 0.6) is 0 Å². The minimum Gasteiger partial charge on any atom is -0.302 e. The summed E-state index contributed by atoms with van der Waals surface area (Å²) < 4.78 is 28.9. The number of para-hydroxylation sites is 1. The van der Waals surface area contributed by atoms with Crippen molar-refractivity contribution in [3.8, 4) is 0 Å². The maximum absolute atomic E-state index is 13.8. The van der Waals surface area contributed by atoms with Gasteiger partial charge >= 0.3 is 0 Å². The van der Waals surface area contributed by atoms with E-state index in [2.05, 4.69) is 18.7 Å². The Labute approximate surface area is 229 Å². The van der Waals surface area contributed by atoms with Crippen LogP contribution >= 0.6 is 23.1 Å². The molecule has 0 aliphatic rings. The van der Waals surface area contributed by atoms with Crippen LogP contribution in [0.25, 0.3) is 10.2 Å². The summed E-state index contributed by atoms with van der Waals surface area (Å²) in [6, 6.07) is 12.4. The molecule has 0 unspecified atom stereocenters. The average Bonchev–Trinajstić information content (AvgIpc) is 3.35. The summed E-state index contributed by atoms with van der Waals surface area (Å²) in [6.07, 6.45) is 3.52. The third-order valence-electron chi connectivity index (χ3n) is 6.29. The van der Waals surface area contributed by atoms with Gasteiger partial charge in [0.2, 0.25) is 10.0 Å². The summed E-state index contributed by atoms with van der Waals surface area (Å²) in [5, 5.41) is 0.655. The van der Waals surface area contributed by atoms with E-state index in [1.54, 1.807) is 40.9 Å². The Morgan fingerprint density at radius 1 is 0.919 bits per heavy atom. The van der Waals surface area contributed by atoms with Crippen molar-refractivity contribution >= 4 is 54.4 Å². The number of rotatable bonds is 14. The molecular formula is C27H38N4O3S3. The number of fused-ring (bicyclic) bond motifs is 1. The van der Waals surface area contributed by atoms with Crippen molar-refractivity contribution < 1.29 is 13.2 Å². The van der Waals surface area contributed by atoms with Gasteiger partial charge in [0.25, 0.3) is 5.91 Å². The van der Waals surface area contributed by atoms with Crippen molar-refractivity contribution in [1.29, 1.82) is 0 Å². The number of carbonyl (C=O) groups excluding carboxylic acids is 1. The van der Waals surface area contributed by atoms with Crippen LogP contribution in [0.3, 0.4) is 0 Å². The Kier molecular flexibility index (Phi) is 11.0. The van der Waals surface area contributed by atoms with Crippen molar-refractivity contribution in [1.82, 2.24) is 14.2 Å². The first-order valence-corrected chi connectivity index (χ1v) is 16.4. The van der Waals surface area contributed by atoms with Gasteiger partial charge in [-0.25, -0.2) is 13.4 Å². The van der Waals surface area contributed by atoms with E-state index in [-0.39, 0.29) is 10.8 Å². The van der Waals surface area contributed by atoms with Gasteiger partial charge in [-0.2, -0.15) is 4.31 Å². The Morgan fingerprint density at radius 2 is 1.57 bits per heavy atom. The van der Waals surface area contributed by atoms with Crippen molar-refractivity contribution in [3.05, 3.63) is 48.0 Å². The number of likely N-dealkylation sites (N-methyl/N-ethyl adjacent to an activating group) is 1. The lowest BCUT2D eigenvalue weighted by atomic mass is 10.2. The number of nitrogens with zero attached hydrogens (tertiary/aromatic N) is 4. The van der Waals surface area contributed by atoms with Crippen molar-refractivity contribution in [2.45, 2.75) is 50.3 Å². The Morgan fingerprint density at radius 3 is 2.14 bits per heavy atom. The van der Waals surface area contributed by atoms with Gasteiger partial charge in [0.1, 0.15) is 0 Å². The fourth-order valence-electron chi connectivity index (χ4n) is 4.18. The topological polar surface area (TPSA) is 73.8 Å². The number of amides is 1. The minimum absolute atomic E-state index is 0.181. The van der Waals surface area contributed by atoms with Gasteiger partial charge < -0.3 is 4.90 Å². The Hall–Kier alpha value is -1.98. The number of thiazole rings is 1. The van der Waals surface area contributed by atoms with Gasteiger partial charge in [0, 0.05) is 36.6 Å². The molecule has 0 atom stereocenters. The van der Waals surface area contributed by atoms with Crippen molar-refractivity contribution in [2.75, 3.05) is 50.4 Å². The van der Waals surface area contributed by atoms with Gasteiger partial charge in [0.05, 0.1) is 15.1 Å². The molecule has 2 aromatic carbocycles. The average molecular weight is 563 g/mol. The molecule has 10 heteroatoms. The summed E-state index contributed by atoms with van der Waals surface area (Å²) in [7, 11) is -3.60. The third kappa shape index (κ3) is 6.92. The summed E-state index contributed by atoms with van der Waals surface area (Å²) >= 11 is 3.14. The molecule has 0 saturated heterocycles. The molecule has 0 N–H and O–H groups in total. The summed E-state index contributed by atoms with van der Waals surface area (Å²) in [4.78, 5) is 23.9. The number of thioether (sulfide) groups is 1. The van der Waals surface area contributed by atoms with Crippen LogP contribution in [-0.4, -0.2) is 74.0 Å². The first-order chi connectivity index (χ1) is 17.8. The standard InChI is InChI=1S/C27H38N4O3S3/c1-6-17-30(18-7-2)37(33,34)22-15-13-21(14-16-22)26(32)31(20-19-29(8-3)9-4)27-28-25-23(35-5)11-10-12-24(25)36-27/h10-16H,6-9,17-20H2,1-5H3. The van der Waals surface area contributed by atoms with Gasteiger partial charge in [-0.15, -0.1) is 11.8 Å². The van der Waals surface area contributed by atoms with Gasteiger partial charge in [-0.3, -0.25) is 9.69 Å². The lowest BCUT2D eigenvalue weighted by molar-refractivity contribution is 0.0983. The molecule has 0 saturated carbocycles. The van der Waals surface area contributed by atoms with Crippen molar-refractivity contribution in [2.24, 2.45) is 0 Å². The molecule has 0 aliphatic carbocycles. The second kappa shape index (κ2) is 13.7. The van der Waals surface area contributed by atoms with Crippen LogP contribution in [0, 0.1) is 0 Å². The van der Waals surface area contributed by atoms with Crippen LogP contribution in [0.4, 0.5) is 5.13 Å². The molecule has 0 aliphatic heterocycles. The van der Waals surface area contributed by atoms with Crippen LogP contribution in [-0.2, 0) is 10.0 Å². The van der Waals surface area contributed by atoms with E-state index >= 15 is 0 Å². The molecular weight excluding hydrogens is 525 g/mol.